The van der Waals surface area contributed by atoms with Crippen LogP contribution in [0.25, 0.3) is 0 Å². The van der Waals surface area contributed by atoms with E-state index in [1.807, 2.05) is 0 Å². The summed E-state index contributed by atoms with van der Waals surface area (Å²) in [4.78, 5) is 31.0. The average Bonchev–Trinajstić information content (AvgIpc) is 3.24. The van der Waals surface area contributed by atoms with E-state index in [1.165, 1.54) is 18.2 Å². The molecule has 5 aliphatic rings. The van der Waals surface area contributed by atoms with E-state index in [-0.39, 0.29) is 30.1 Å². The number of allylic oxidation sites excluding steroid dienone is 4. The van der Waals surface area contributed by atoms with E-state index in [0.717, 1.165) is 6.42 Å². The number of rotatable bonds is 4. The molecule has 2 N–H and O–H groups in total. The highest BCUT2D eigenvalue weighted by Crippen LogP contribution is 2.72. The molecule has 5 rings (SSSR count). The van der Waals surface area contributed by atoms with Crippen molar-refractivity contribution in [1.82, 2.24) is 5.06 Å². The van der Waals surface area contributed by atoms with E-state index < -0.39 is 52.2 Å². The molecule has 0 amide bonds. The molecule has 0 bridgehead atoms. The average molecular weight is 480 g/mol. The number of aliphatic carboxylic acids is 1. The second-order valence-corrected chi connectivity index (χ2v) is 12.0. The summed E-state index contributed by atoms with van der Waals surface area (Å²) in [6.07, 6.45) is 1.72. The van der Waals surface area contributed by atoms with E-state index in [2.05, 4.69) is 13.8 Å². The molecule has 3 saturated carbocycles. The van der Waals surface area contributed by atoms with Gasteiger partial charge in [0.15, 0.2) is 17.1 Å². The number of nitrogens with zero attached hydrogens (tertiary/aromatic N) is 1. The Morgan fingerprint density at radius 3 is 2.65 bits per heavy atom. The molecule has 0 aromatic carbocycles. The Morgan fingerprint density at radius 1 is 1.29 bits per heavy atom. The number of hydrogen-bond donors (Lipinski definition) is 2. The molecule has 1 heterocycles. The summed E-state index contributed by atoms with van der Waals surface area (Å²) in [6.45, 7) is 8.53. The van der Waals surface area contributed by atoms with E-state index in [0.29, 0.717) is 25.4 Å². The lowest BCUT2D eigenvalue weighted by Crippen LogP contribution is -2.70. The quantitative estimate of drug-likeness (QED) is 0.640. The third kappa shape index (κ3) is 2.76. The lowest BCUT2D eigenvalue weighted by Gasteiger charge is -2.63. The summed E-state index contributed by atoms with van der Waals surface area (Å²) in [5, 5.41) is 23.6. The van der Waals surface area contributed by atoms with Crippen LogP contribution in [0.1, 0.15) is 53.4 Å². The van der Waals surface area contributed by atoms with Gasteiger partial charge in [-0.05, 0) is 62.2 Å². The number of carboxylic acid groups (broad SMARTS) is 1. The Bertz CT molecular complexity index is 982. The molecule has 0 aromatic heterocycles. The van der Waals surface area contributed by atoms with Gasteiger partial charge in [-0.2, -0.15) is 5.06 Å². The van der Waals surface area contributed by atoms with E-state index in [1.54, 1.807) is 18.9 Å². The normalized spacial score (nSPS) is 49.9. The van der Waals surface area contributed by atoms with Crippen molar-refractivity contribution in [2.75, 3.05) is 13.1 Å². The van der Waals surface area contributed by atoms with Crippen molar-refractivity contribution in [3.8, 4) is 0 Å². The molecular weight excluding hydrogens is 444 g/mol. The molecule has 34 heavy (non-hydrogen) atoms. The second-order valence-electron chi connectivity index (χ2n) is 12.0. The van der Waals surface area contributed by atoms with E-state index >= 15 is 8.78 Å². The van der Waals surface area contributed by atoms with Gasteiger partial charge in [-0.15, -0.1) is 0 Å². The van der Waals surface area contributed by atoms with Crippen molar-refractivity contribution in [3.63, 3.8) is 0 Å². The third-order valence-electron chi connectivity index (χ3n) is 9.95. The van der Waals surface area contributed by atoms with Crippen LogP contribution in [0.4, 0.5) is 8.78 Å². The summed E-state index contributed by atoms with van der Waals surface area (Å²) < 4.78 is 32.7. The fourth-order valence-corrected chi connectivity index (χ4v) is 8.22. The molecule has 9 atom stereocenters. The van der Waals surface area contributed by atoms with Gasteiger partial charge in [-0.1, -0.05) is 26.8 Å². The van der Waals surface area contributed by atoms with Crippen LogP contribution in [-0.2, 0) is 14.4 Å². The lowest BCUT2D eigenvalue weighted by molar-refractivity contribution is -0.273. The molecule has 0 spiro atoms. The van der Waals surface area contributed by atoms with Crippen LogP contribution in [0.15, 0.2) is 23.8 Å². The van der Waals surface area contributed by atoms with Gasteiger partial charge in [-0.25, -0.2) is 13.6 Å². The Morgan fingerprint density at radius 2 is 2.00 bits per heavy atom. The first-order chi connectivity index (χ1) is 15.8. The summed E-state index contributed by atoms with van der Waals surface area (Å²) in [5.41, 5.74) is -6.26. The number of hydroxylamine groups is 2. The van der Waals surface area contributed by atoms with Crippen LogP contribution in [0.5, 0.6) is 0 Å². The standard InChI is InChI=1S/C26H35F2NO5/c1-14(2)6-8-29-13-15-9-17-18-11-20(27)19-10-16(30)5-7-23(19,3)25(18,28)21(31)12-24(17,4)26(15,34-29)22(32)33/h5,7,10,14-15,17-18,20-21,31H,6,8-9,11-13H2,1-4H3,(H,32,33)/t15-,17-,18-,20-,21-,23-,24-,25-,26-/m0/s1. The zero-order valence-electron chi connectivity index (χ0n) is 20.3. The van der Waals surface area contributed by atoms with Gasteiger partial charge in [0.1, 0.15) is 6.17 Å². The number of carbonyl (C=O) groups is 2. The van der Waals surface area contributed by atoms with Crippen molar-refractivity contribution in [2.45, 2.75) is 76.9 Å². The van der Waals surface area contributed by atoms with Crippen molar-refractivity contribution in [1.29, 1.82) is 0 Å². The minimum absolute atomic E-state index is 0.0728. The fraction of sp³-hybridized carbons (Fsp3) is 0.769. The Hall–Kier alpha value is -1.64. The zero-order valence-corrected chi connectivity index (χ0v) is 20.3. The van der Waals surface area contributed by atoms with Crippen LogP contribution in [0, 0.1) is 34.5 Å². The smallest absolute Gasteiger partial charge is 0.339 e. The fourth-order valence-electron chi connectivity index (χ4n) is 8.22. The molecule has 1 saturated heterocycles. The van der Waals surface area contributed by atoms with Crippen LogP contribution in [0.2, 0.25) is 0 Å². The number of aliphatic hydroxyl groups excluding tert-OH is 1. The highest BCUT2D eigenvalue weighted by molar-refractivity contribution is 6.01. The van der Waals surface area contributed by atoms with Crippen LogP contribution >= 0.6 is 0 Å². The number of ketones is 1. The van der Waals surface area contributed by atoms with Crippen LogP contribution < -0.4 is 0 Å². The van der Waals surface area contributed by atoms with Gasteiger partial charge in [-0.3, -0.25) is 9.63 Å². The molecule has 6 nitrogen and oxygen atoms in total. The number of alkyl halides is 2. The molecule has 0 unspecified atom stereocenters. The number of halogens is 2. The highest BCUT2D eigenvalue weighted by atomic mass is 19.1. The molecule has 8 heteroatoms. The Kier molecular flexibility index (Phi) is 5.26. The van der Waals surface area contributed by atoms with Crippen molar-refractivity contribution >= 4 is 11.8 Å². The molecule has 0 aromatic rings. The van der Waals surface area contributed by atoms with Crippen LogP contribution in [0.3, 0.4) is 0 Å². The Labute approximate surface area is 199 Å². The van der Waals surface area contributed by atoms with Gasteiger partial charge in [0.25, 0.3) is 0 Å². The number of hydrogen-bond acceptors (Lipinski definition) is 5. The highest BCUT2D eigenvalue weighted by Gasteiger charge is 2.80. The largest absolute Gasteiger partial charge is 0.479 e. The van der Waals surface area contributed by atoms with Gasteiger partial charge < -0.3 is 10.2 Å². The van der Waals surface area contributed by atoms with Gasteiger partial charge in [0, 0.05) is 35.8 Å². The first kappa shape index (κ1) is 24.1. The topological polar surface area (TPSA) is 87.1 Å². The first-order valence-corrected chi connectivity index (χ1v) is 12.4. The predicted molar refractivity (Wildman–Crippen MR) is 120 cm³/mol. The summed E-state index contributed by atoms with van der Waals surface area (Å²) in [5.74, 6) is -2.81. The Balaban J connectivity index is 1.56. The maximum Gasteiger partial charge on any atom is 0.339 e. The lowest BCUT2D eigenvalue weighted by atomic mass is 9.44. The molecule has 188 valence electrons. The van der Waals surface area contributed by atoms with Crippen molar-refractivity contribution < 1.29 is 33.4 Å². The minimum Gasteiger partial charge on any atom is -0.479 e. The van der Waals surface area contributed by atoms with Gasteiger partial charge >= 0.3 is 5.97 Å². The maximum atomic E-state index is 17.2. The number of carbonyl (C=O) groups excluding carboxylic acids is 1. The maximum absolute atomic E-state index is 17.2. The van der Waals surface area contributed by atoms with Crippen molar-refractivity contribution in [3.05, 3.63) is 23.8 Å². The number of carboxylic acids is 1. The monoisotopic (exact) mass is 479 g/mol. The number of fused-ring (bicyclic) bond motifs is 7. The first-order valence-electron chi connectivity index (χ1n) is 12.4. The molecule has 1 aliphatic heterocycles. The SMILES string of the molecule is CC(C)CCN1C[C@@H]2C[C@H]3[C@@H]4C[C@H](F)C5=CC(=O)C=C[C@]5(C)[C@@]4(F)[C@@H](O)C[C@]3(C)[C@]2(C(=O)O)O1. The zero-order chi connectivity index (χ0) is 24.8. The molecule has 4 fully saturated rings. The van der Waals surface area contributed by atoms with Gasteiger partial charge in [0.2, 0.25) is 0 Å². The van der Waals surface area contributed by atoms with Crippen molar-refractivity contribution in [2.24, 2.45) is 34.5 Å². The number of aliphatic hydroxyl groups is 1. The van der Waals surface area contributed by atoms with Crippen LogP contribution in [-0.4, -0.2) is 63.7 Å². The summed E-state index contributed by atoms with van der Waals surface area (Å²) in [7, 11) is 0. The van der Waals surface area contributed by atoms with E-state index in [4.69, 9.17) is 4.84 Å². The molecule has 4 aliphatic carbocycles. The van der Waals surface area contributed by atoms with Gasteiger partial charge in [0.05, 0.1) is 6.10 Å². The predicted octanol–water partition coefficient (Wildman–Crippen LogP) is 3.65. The third-order valence-corrected chi connectivity index (χ3v) is 9.95. The molecular formula is C26H35F2NO5. The minimum atomic E-state index is -2.21. The molecule has 0 radical (unpaired) electrons. The summed E-state index contributed by atoms with van der Waals surface area (Å²) >= 11 is 0. The second kappa shape index (κ2) is 7.43. The van der Waals surface area contributed by atoms with E-state index in [9.17, 15) is 19.8 Å². The summed E-state index contributed by atoms with van der Waals surface area (Å²) in [6, 6.07) is 0.